The molecule has 8 heteroatoms. The number of benzene rings is 1. The number of aryl methyl sites for hydroxylation is 2. The van der Waals surface area contributed by atoms with Crippen LogP contribution in [0.5, 0.6) is 0 Å². The van der Waals surface area contributed by atoms with E-state index < -0.39 is 0 Å². The first kappa shape index (κ1) is 21.9. The molecule has 0 atom stereocenters. The normalized spacial score (nSPS) is 15.6. The number of hydrogen-bond acceptors (Lipinski definition) is 5. The van der Waals surface area contributed by atoms with Crippen LogP contribution in [0, 0.1) is 13.8 Å². The summed E-state index contributed by atoms with van der Waals surface area (Å²) in [5.41, 5.74) is 3.36. The fraction of sp³-hybridized carbons (Fsp3) is 0.524. The van der Waals surface area contributed by atoms with Gasteiger partial charge >= 0.3 is 0 Å². The van der Waals surface area contributed by atoms with Gasteiger partial charge in [-0.15, -0.1) is 11.3 Å². The molecular weight excluding hydrogens is 404 g/mol. The molecule has 0 spiro atoms. The summed E-state index contributed by atoms with van der Waals surface area (Å²) in [5.74, 6) is 0.794. The molecule has 0 radical (unpaired) electrons. The number of hydrogen-bond donors (Lipinski definition) is 2. The van der Waals surface area contributed by atoms with E-state index in [1.165, 1.54) is 10.6 Å². The lowest BCUT2D eigenvalue weighted by Crippen LogP contribution is -2.44. The number of piperazine rings is 1. The number of rotatable bonds is 6. The Labute approximate surface area is 183 Å². The van der Waals surface area contributed by atoms with Crippen molar-refractivity contribution in [3.05, 3.63) is 44.4 Å². The number of halogens is 1. The van der Waals surface area contributed by atoms with E-state index in [1.54, 1.807) is 11.3 Å². The van der Waals surface area contributed by atoms with E-state index in [0.717, 1.165) is 66.5 Å². The minimum Gasteiger partial charge on any atom is -0.369 e. The number of thiazole rings is 1. The van der Waals surface area contributed by atoms with E-state index >= 15 is 0 Å². The first-order chi connectivity index (χ1) is 14.0. The molecule has 0 unspecified atom stereocenters. The molecule has 0 bridgehead atoms. The van der Waals surface area contributed by atoms with Gasteiger partial charge in [-0.3, -0.25) is 0 Å². The molecule has 1 aliphatic heterocycles. The Morgan fingerprint density at radius 1 is 1.21 bits per heavy atom. The standard InChI is InChI=1S/C21H31ClN6S/c1-5-23-21(25-14-20-15(2)26-16(3)29-20)24-13-17-18(22)7-6-8-19(17)28-11-9-27(4)10-12-28/h6-8H,5,9-14H2,1-4H3,(H2,23,24,25). The number of likely N-dealkylation sites (N-methyl/N-ethyl adjacent to an activating group) is 1. The number of guanidine groups is 1. The Morgan fingerprint density at radius 2 is 1.97 bits per heavy atom. The van der Waals surface area contributed by atoms with Crippen molar-refractivity contribution in [2.24, 2.45) is 4.99 Å². The molecule has 2 N–H and O–H groups in total. The van der Waals surface area contributed by atoms with E-state index in [1.807, 2.05) is 19.1 Å². The summed E-state index contributed by atoms with van der Waals surface area (Å²) in [4.78, 5) is 15.3. The highest BCUT2D eigenvalue weighted by Crippen LogP contribution is 2.29. The second-order valence-corrected chi connectivity index (χ2v) is 9.01. The molecule has 3 rings (SSSR count). The monoisotopic (exact) mass is 434 g/mol. The number of anilines is 1. The van der Waals surface area contributed by atoms with Crippen molar-refractivity contribution in [1.29, 1.82) is 0 Å². The van der Waals surface area contributed by atoms with Crippen molar-refractivity contribution in [3.8, 4) is 0 Å². The number of aromatic nitrogens is 1. The van der Waals surface area contributed by atoms with E-state index in [2.05, 4.69) is 52.4 Å². The first-order valence-corrected chi connectivity index (χ1v) is 11.3. The lowest BCUT2D eigenvalue weighted by atomic mass is 10.1. The van der Waals surface area contributed by atoms with Crippen LogP contribution in [-0.4, -0.2) is 55.6 Å². The van der Waals surface area contributed by atoms with Gasteiger partial charge in [-0.05, 0) is 40.0 Å². The Balaban J connectivity index is 1.74. The van der Waals surface area contributed by atoms with Gasteiger partial charge in [-0.25, -0.2) is 9.98 Å². The smallest absolute Gasteiger partial charge is 0.191 e. The quantitative estimate of drug-likeness (QED) is 0.539. The molecule has 0 amide bonds. The topological polar surface area (TPSA) is 55.8 Å². The fourth-order valence-electron chi connectivity index (χ4n) is 3.45. The Hall–Kier alpha value is -1.83. The predicted molar refractivity (Wildman–Crippen MR) is 124 cm³/mol. The van der Waals surface area contributed by atoms with Crippen LogP contribution in [0.15, 0.2) is 23.2 Å². The minimum atomic E-state index is 0.539. The molecule has 1 saturated heterocycles. The zero-order valence-corrected chi connectivity index (χ0v) is 19.3. The largest absolute Gasteiger partial charge is 0.369 e. The Kier molecular flexibility index (Phi) is 7.75. The van der Waals surface area contributed by atoms with Crippen LogP contribution in [0.4, 0.5) is 5.69 Å². The maximum absolute atomic E-state index is 6.58. The summed E-state index contributed by atoms with van der Waals surface area (Å²) in [7, 11) is 2.17. The molecule has 2 heterocycles. The molecule has 158 valence electrons. The molecular formula is C21H31ClN6S. The maximum Gasteiger partial charge on any atom is 0.191 e. The van der Waals surface area contributed by atoms with Crippen molar-refractivity contribution < 1.29 is 0 Å². The van der Waals surface area contributed by atoms with Crippen LogP contribution in [0.25, 0.3) is 0 Å². The summed E-state index contributed by atoms with van der Waals surface area (Å²) in [5, 5.41) is 8.63. The van der Waals surface area contributed by atoms with Gasteiger partial charge in [0.1, 0.15) is 0 Å². The van der Waals surface area contributed by atoms with E-state index in [4.69, 9.17) is 16.6 Å². The molecule has 2 aromatic rings. The SMILES string of the molecule is CCNC(=NCc1c(Cl)cccc1N1CCN(C)CC1)NCc1sc(C)nc1C. The molecule has 0 aliphatic carbocycles. The van der Waals surface area contributed by atoms with Gasteiger partial charge in [0.05, 0.1) is 23.8 Å². The zero-order chi connectivity index (χ0) is 20.8. The first-order valence-electron chi connectivity index (χ1n) is 10.1. The minimum absolute atomic E-state index is 0.539. The predicted octanol–water partition coefficient (Wildman–Crippen LogP) is 3.42. The molecule has 1 fully saturated rings. The average molecular weight is 435 g/mol. The van der Waals surface area contributed by atoms with Crippen LogP contribution in [0.2, 0.25) is 5.02 Å². The van der Waals surface area contributed by atoms with Gasteiger partial charge in [-0.1, -0.05) is 17.7 Å². The fourth-order valence-corrected chi connectivity index (χ4v) is 4.55. The van der Waals surface area contributed by atoms with Gasteiger partial charge in [-0.2, -0.15) is 0 Å². The van der Waals surface area contributed by atoms with Crippen LogP contribution >= 0.6 is 22.9 Å². The highest BCUT2D eigenvalue weighted by atomic mass is 35.5. The lowest BCUT2D eigenvalue weighted by Gasteiger charge is -2.35. The molecule has 29 heavy (non-hydrogen) atoms. The van der Waals surface area contributed by atoms with E-state index in [-0.39, 0.29) is 0 Å². The molecule has 1 aromatic carbocycles. The third kappa shape index (κ3) is 5.84. The van der Waals surface area contributed by atoms with Gasteiger partial charge in [0.2, 0.25) is 0 Å². The summed E-state index contributed by atoms with van der Waals surface area (Å²) in [6.07, 6.45) is 0. The van der Waals surface area contributed by atoms with Crippen LogP contribution in [0.3, 0.4) is 0 Å². The molecule has 0 saturated carbocycles. The summed E-state index contributed by atoms with van der Waals surface area (Å²) >= 11 is 8.31. The average Bonchev–Trinajstić information content (AvgIpc) is 3.02. The van der Waals surface area contributed by atoms with E-state index in [0.29, 0.717) is 6.54 Å². The van der Waals surface area contributed by atoms with Crippen LogP contribution < -0.4 is 15.5 Å². The summed E-state index contributed by atoms with van der Waals surface area (Å²) in [6.45, 7) is 12.4. The van der Waals surface area contributed by atoms with Crippen molar-refractivity contribution in [3.63, 3.8) is 0 Å². The van der Waals surface area contributed by atoms with Crippen molar-refractivity contribution in [2.75, 3.05) is 44.7 Å². The third-order valence-electron chi connectivity index (χ3n) is 5.09. The van der Waals surface area contributed by atoms with Crippen molar-refractivity contribution in [2.45, 2.75) is 33.9 Å². The maximum atomic E-state index is 6.58. The van der Waals surface area contributed by atoms with Gasteiger partial charge < -0.3 is 20.4 Å². The van der Waals surface area contributed by atoms with Gasteiger partial charge in [0.15, 0.2) is 5.96 Å². The molecule has 1 aromatic heterocycles. The number of nitrogens with zero attached hydrogens (tertiary/aromatic N) is 4. The molecule has 1 aliphatic rings. The highest BCUT2D eigenvalue weighted by molar-refractivity contribution is 7.11. The number of aliphatic imine (C=N–C) groups is 1. The Bertz CT molecular complexity index is 842. The van der Waals surface area contributed by atoms with Gasteiger partial charge in [0.25, 0.3) is 0 Å². The van der Waals surface area contributed by atoms with Gasteiger partial charge in [0, 0.05) is 53.9 Å². The van der Waals surface area contributed by atoms with Crippen LogP contribution in [-0.2, 0) is 13.1 Å². The van der Waals surface area contributed by atoms with Crippen LogP contribution in [0.1, 0.15) is 28.1 Å². The second-order valence-electron chi connectivity index (χ2n) is 7.32. The number of nitrogens with one attached hydrogen (secondary N) is 2. The van der Waals surface area contributed by atoms with E-state index in [9.17, 15) is 0 Å². The second kappa shape index (κ2) is 10.3. The lowest BCUT2D eigenvalue weighted by molar-refractivity contribution is 0.312. The summed E-state index contributed by atoms with van der Waals surface area (Å²) in [6, 6.07) is 6.14. The summed E-state index contributed by atoms with van der Waals surface area (Å²) < 4.78 is 0. The molecule has 6 nitrogen and oxygen atoms in total. The third-order valence-corrected chi connectivity index (χ3v) is 6.52. The zero-order valence-electron chi connectivity index (χ0n) is 17.8. The van der Waals surface area contributed by atoms with Crippen molar-refractivity contribution >= 4 is 34.6 Å². The Morgan fingerprint density at radius 3 is 2.62 bits per heavy atom. The van der Waals surface area contributed by atoms with Crippen molar-refractivity contribution in [1.82, 2.24) is 20.5 Å². The highest BCUT2D eigenvalue weighted by Gasteiger charge is 2.18.